The number of hydrogen-bond acceptors (Lipinski definition) is 2. The Balaban J connectivity index is 2.53. The van der Waals surface area contributed by atoms with E-state index in [1.54, 1.807) is 18.2 Å². The van der Waals surface area contributed by atoms with Gasteiger partial charge in [0.1, 0.15) is 0 Å². The third-order valence-electron chi connectivity index (χ3n) is 2.66. The van der Waals surface area contributed by atoms with E-state index in [1.807, 2.05) is 6.92 Å². The van der Waals surface area contributed by atoms with Gasteiger partial charge in [0.25, 0.3) is 0 Å². The second kappa shape index (κ2) is 7.27. The van der Waals surface area contributed by atoms with E-state index in [2.05, 4.69) is 19.2 Å². The zero-order chi connectivity index (χ0) is 13.7. The summed E-state index contributed by atoms with van der Waals surface area (Å²) in [6, 6.07) is 5.49. The van der Waals surface area contributed by atoms with Crippen LogP contribution in [0.15, 0.2) is 23.1 Å². The molecule has 18 heavy (non-hydrogen) atoms. The minimum atomic E-state index is -0.00261. The first-order valence-corrected chi connectivity index (χ1v) is 7.52. The molecule has 0 bridgehead atoms. The number of thioether (sulfide) groups is 1. The summed E-state index contributed by atoms with van der Waals surface area (Å²) >= 11 is 13.4. The van der Waals surface area contributed by atoms with Crippen LogP contribution >= 0.6 is 35.0 Å². The normalized spacial score (nSPS) is 12.6. The Morgan fingerprint density at radius 3 is 2.33 bits per heavy atom. The molecular formula is C13H17Cl2NOS. The monoisotopic (exact) mass is 305 g/mol. The third kappa shape index (κ3) is 4.71. The van der Waals surface area contributed by atoms with Gasteiger partial charge in [-0.05, 0) is 25.0 Å². The minimum Gasteiger partial charge on any atom is -0.353 e. The van der Waals surface area contributed by atoms with Gasteiger partial charge in [-0.2, -0.15) is 0 Å². The Labute approximate surface area is 122 Å². The maximum atomic E-state index is 11.7. The van der Waals surface area contributed by atoms with Crippen LogP contribution in [0.1, 0.15) is 20.8 Å². The highest BCUT2D eigenvalue weighted by Crippen LogP contribution is 2.33. The summed E-state index contributed by atoms with van der Waals surface area (Å²) in [4.78, 5) is 12.5. The number of benzene rings is 1. The van der Waals surface area contributed by atoms with Gasteiger partial charge in [0.2, 0.25) is 5.91 Å². The molecule has 0 aromatic heterocycles. The fourth-order valence-corrected chi connectivity index (χ4v) is 2.72. The molecule has 1 aromatic carbocycles. The number of halogens is 2. The Morgan fingerprint density at radius 1 is 1.28 bits per heavy atom. The first-order chi connectivity index (χ1) is 8.41. The van der Waals surface area contributed by atoms with Gasteiger partial charge in [0.15, 0.2) is 0 Å². The van der Waals surface area contributed by atoms with Crippen molar-refractivity contribution in [2.24, 2.45) is 5.92 Å². The molecule has 1 amide bonds. The van der Waals surface area contributed by atoms with E-state index in [0.717, 1.165) is 4.90 Å². The molecule has 0 spiro atoms. The molecule has 1 N–H and O–H groups in total. The van der Waals surface area contributed by atoms with Crippen molar-refractivity contribution >= 4 is 40.9 Å². The number of nitrogens with one attached hydrogen (secondary N) is 1. The lowest BCUT2D eigenvalue weighted by Crippen LogP contribution is -2.37. The van der Waals surface area contributed by atoms with Crippen LogP contribution in [0, 0.1) is 5.92 Å². The van der Waals surface area contributed by atoms with E-state index < -0.39 is 0 Å². The maximum Gasteiger partial charge on any atom is 0.230 e. The summed E-state index contributed by atoms with van der Waals surface area (Å²) in [5.74, 6) is 0.737. The molecule has 0 heterocycles. The van der Waals surface area contributed by atoms with Crippen molar-refractivity contribution in [3.05, 3.63) is 28.2 Å². The molecule has 5 heteroatoms. The van der Waals surface area contributed by atoms with Crippen LogP contribution in [0.5, 0.6) is 0 Å². The van der Waals surface area contributed by atoms with Gasteiger partial charge in [-0.15, -0.1) is 11.8 Å². The van der Waals surface area contributed by atoms with E-state index in [4.69, 9.17) is 23.2 Å². The summed E-state index contributed by atoms with van der Waals surface area (Å²) in [6.45, 7) is 6.14. The predicted molar refractivity (Wildman–Crippen MR) is 79.6 cm³/mol. The van der Waals surface area contributed by atoms with Crippen LogP contribution in [0.3, 0.4) is 0 Å². The Morgan fingerprint density at radius 2 is 1.83 bits per heavy atom. The quantitative estimate of drug-likeness (QED) is 0.824. The first kappa shape index (κ1) is 15.7. The van der Waals surface area contributed by atoms with Crippen molar-refractivity contribution in [2.45, 2.75) is 31.7 Å². The number of carbonyl (C=O) groups excluding carboxylic acids is 1. The fraction of sp³-hybridized carbons (Fsp3) is 0.462. The number of rotatable bonds is 5. The highest BCUT2D eigenvalue weighted by Gasteiger charge is 2.13. The Hall–Kier alpha value is -0.380. The summed E-state index contributed by atoms with van der Waals surface area (Å²) < 4.78 is 0. The molecule has 0 saturated heterocycles. The highest BCUT2D eigenvalue weighted by molar-refractivity contribution is 8.00. The summed E-state index contributed by atoms with van der Waals surface area (Å²) in [7, 11) is 0. The maximum absolute atomic E-state index is 11.7. The van der Waals surface area contributed by atoms with Gasteiger partial charge in [-0.1, -0.05) is 43.1 Å². The number of amides is 1. The lowest BCUT2D eigenvalue weighted by Gasteiger charge is -2.17. The van der Waals surface area contributed by atoms with Gasteiger partial charge in [0, 0.05) is 10.9 Å². The molecule has 0 aliphatic heterocycles. The average Bonchev–Trinajstić information content (AvgIpc) is 2.28. The van der Waals surface area contributed by atoms with E-state index in [0.29, 0.717) is 21.7 Å². The van der Waals surface area contributed by atoms with Crippen LogP contribution in [-0.4, -0.2) is 17.7 Å². The van der Waals surface area contributed by atoms with Gasteiger partial charge >= 0.3 is 0 Å². The number of hydrogen-bond donors (Lipinski definition) is 1. The van der Waals surface area contributed by atoms with Gasteiger partial charge in [-0.3, -0.25) is 4.79 Å². The molecule has 0 radical (unpaired) electrons. The van der Waals surface area contributed by atoms with E-state index in [1.165, 1.54) is 11.8 Å². The van der Waals surface area contributed by atoms with Crippen molar-refractivity contribution in [1.29, 1.82) is 0 Å². The summed E-state index contributed by atoms with van der Waals surface area (Å²) in [5, 5.41) is 4.10. The Kier molecular flexibility index (Phi) is 6.33. The molecule has 0 aliphatic carbocycles. The van der Waals surface area contributed by atoms with Crippen LogP contribution in [-0.2, 0) is 4.79 Å². The van der Waals surface area contributed by atoms with Crippen molar-refractivity contribution in [3.63, 3.8) is 0 Å². The van der Waals surface area contributed by atoms with Gasteiger partial charge in [-0.25, -0.2) is 0 Å². The molecule has 2 nitrogen and oxygen atoms in total. The lowest BCUT2D eigenvalue weighted by atomic mass is 10.1. The summed E-state index contributed by atoms with van der Waals surface area (Å²) in [5.41, 5.74) is 0. The fourth-order valence-electron chi connectivity index (χ4n) is 1.22. The molecule has 0 fully saturated rings. The predicted octanol–water partition coefficient (Wildman–Crippen LogP) is 4.25. The standard InChI is InChI=1S/C13H17Cl2NOS/c1-8(2)9(3)16-12(17)7-18-13-10(14)5-4-6-11(13)15/h4-6,8-9H,7H2,1-3H3,(H,16,17). The van der Waals surface area contributed by atoms with E-state index in [9.17, 15) is 4.79 Å². The topological polar surface area (TPSA) is 29.1 Å². The second-order valence-corrected chi connectivity index (χ2v) is 6.24. The van der Waals surface area contributed by atoms with Crippen LogP contribution in [0.4, 0.5) is 0 Å². The van der Waals surface area contributed by atoms with Crippen LogP contribution in [0.2, 0.25) is 10.0 Å². The highest BCUT2D eigenvalue weighted by atomic mass is 35.5. The van der Waals surface area contributed by atoms with Crippen molar-refractivity contribution < 1.29 is 4.79 Å². The molecule has 0 saturated carbocycles. The zero-order valence-corrected chi connectivity index (χ0v) is 13.0. The van der Waals surface area contributed by atoms with Gasteiger partial charge < -0.3 is 5.32 Å². The molecule has 100 valence electrons. The Bertz CT molecular complexity index is 403. The van der Waals surface area contributed by atoms with E-state index in [-0.39, 0.29) is 11.9 Å². The SMILES string of the molecule is CC(C)C(C)NC(=O)CSc1c(Cl)cccc1Cl. The zero-order valence-electron chi connectivity index (χ0n) is 10.7. The molecule has 1 aromatic rings. The largest absolute Gasteiger partial charge is 0.353 e. The van der Waals surface area contributed by atoms with Crippen LogP contribution < -0.4 is 5.32 Å². The molecule has 1 atom stereocenters. The van der Waals surface area contributed by atoms with E-state index >= 15 is 0 Å². The third-order valence-corrected chi connectivity index (χ3v) is 4.64. The van der Waals surface area contributed by atoms with Crippen molar-refractivity contribution in [3.8, 4) is 0 Å². The van der Waals surface area contributed by atoms with Crippen molar-refractivity contribution in [1.82, 2.24) is 5.32 Å². The smallest absolute Gasteiger partial charge is 0.230 e. The van der Waals surface area contributed by atoms with Gasteiger partial charge in [0.05, 0.1) is 15.8 Å². The molecule has 1 unspecified atom stereocenters. The molecular weight excluding hydrogens is 289 g/mol. The van der Waals surface area contributed by atoms with Crippen LogP contribution in [0.25, 0.3) is 0 Å². The molecule has 0 aliphatic rings. The minimum absolute atomic E-state index is 0.00261. The summed E-state index contributed by atoms with van der Waals surface area (Å²) in [6.07, 6.45) is 0. The number of carbonyl (C=O) groups is 1. The average molecular weight is 306 g/mol. The van der Waals surface area contributed by atoms with Crippen molar-refractivity contribution in [2.75, 3.05) is 5.75 Å². The lowest BCUT2D eigenvalue weighted by molar-refractivity contribution is -0.119. The first-order valence-electron chi connectivity index (χ1n) is 5.78. The second-order valence-electron chi connectivity index (χ2n) is 4.44. The molecule has 1 rings (SSSR count).